The summed E-state index contributed by atoms with van der Waals surface area (Å²) in [5.74, 6) is 0.402. The van der Waals surface area contributed by atoms with Crippen LogP contribution < -0.4 is 4.90 Å². The van der Waals surface area contributed by atoms with Crippen LogP contribution in [0, 0.1) is 0 Å². The molecule has 2 aromatic carbocycles. The van der Waals surface area contributed by atoms with E-state index in [1.807, 2.05) is 6.20 Å². The maximum absolute atomic E-state index is 4.36. The van der Waals surface area contributed by atoms with E-state index in [1.165, 1.54) is 54.7 Å². The smallest absolute Gasteiger partial charge is 0.116 e. The average Bonchev–Trinajstić information content (AvgIpc) is 2.73. The summed E-state index contributed by atoms with van der Waals surface area (Å²) in [6.07, 6.45) is 7.54. The minimum absolute atomic E-state index is 0.402. The lowest BCUT2D eigenvalue weighted by Crippen LogP contribution is -2.32. The molecule has 4 nitrogen and oxygen atoms in total. The molecule has 3 heterocycles. The van der Waals surface area contributed by atoms with E-state index in [0.29, 0.717) is 5.92 Å². The summed E-state index contributed by atoms with van der Waals surface area (Å²) < 4.78 is 0. The van der Waals surface area contributed by atoms with E-state index in [4.69, 9.17) is 0 Å². The molecule has 0 saturated carbocycles. The van der Waals surface area contributed by atoms with Crippen LogP contribution in [0.5, 0.6) is 0 Å². The summed E-state index contributed by atoms with van der Waals surface area (Å²) >= 11 is 0. The standard InChI is InChI=1S/C23H26N4/c1-26-14-19-12-20(27-9-3-2-4-10-27)6-7-21(19)22(15-26)17-5-8-23-18(11-17)13-24-16-25-23/h5-8,11-13,16,22H,2-4,9-10,14-15H2,1H3. The predicted octanol–water partition coefficient (Wildman–Crippen LogP) is 4.20. The van der Waals surface area contributed by atoms with Crippen molar-refractivity contribution >= 4 is 16.6 Å². The zero-order valence-electron chi connectivity index (χ0n) is 15.9. The average molecular weight is 358 g/mol. The molecule has 1 atom stereocenters. The molecule has 1 aromatic heterocycles. The first-order valence-corrected chi connectivity index (χ1v) is 10.0. The van der Waals surface area contributed by atoms with Crippen molar-refractivity contribution in [2.24, 2.45) is 0 Å². The van der Waals surface area contributed by atoms with E-state index in [2.05, 4.69) is 63.2 Å². The normalized spacial score (nSPS) is 20.6. The molecule has 1 fully saturated rings. The zero-order valence-corrected chi connectivity index (χ0v) is 15.9. The molecule has 0 spiro atoms. The first-order valence-electron chi connectivity index (χ1n) is 10.0. The van der Waals surface area contributed by atoms with Crippen LogP contribution in [0.2, 0.25) is 0 Å². The van der Waals surface area contributed by atoms with E-state index in [-0.39, 0.29) is 0 Å². The number of nitrogens with zero attached hydrogens (tertiary/aromatic N) is 4. The predicted molar refractivity (Wildman–Crippen MR) is 110 cm³/mol. The van der Waals surface area contributed by atoms with Gasteiger partial charge >= 0.3 is 0 Å². The maximum Gasteiger partial charge on any atom is 0.116 e. The van der Waals surface area contributed by atoms with Crippen LogP contribution in [0.3, 0.4) is 0 Å². The summed E-state index contributed by atoms with van der Waals surface area (Å²) in [6.45, 7) is 4.48. The van der Waals surface area contributed by atoms with Crippen molar-refractivity contribution in [1.82, 2.24) is 14.9 Å². The number of aromatic nitrogens is 2. The first kappa shape index (κ1) is 16.7. The van der Waals surface area contributed by atoms with Crippen molar-refractivity contribution in [1.29, 1.82) is 0 Å². The third-order valence-electron chi connectivity index (χ3n) is 6.09. The van der Waals surface area contributed by atoms with Crippen LogP contribution in [0.1, 0.15) is 41.9 Å². The lowest BCUT2D eigenvalue weighted by molar-refractivity contribution is 0.295. The Kier molecular flexibility index (Phi) is 4.29. The molecule has 1 saturated heterocycles. The molecule has 0 radical (unpaired) electrons. The van der Waals surface area contributed by atoms with Gasteiger partial charge in [0.1, 0.15) is 6.33 Å². The van der Waals surface area contributed by atoms with Gasteiger partial charge < -0.3 is 9.80 Å². The number of fused-ring (bicyclic) bond motifs is 2. The van der Waals surface area contributed by atoms with E-state index < -0.39 is 0 Å². The zero-order chi connectivity index (χ0) is 18.2. The largest absolute Gasteiger partial charge is 0.372 e. The quantitative estimate of drug-likeness (QED) is 0.687. The lowest BCUT2D eigenvalue weighted by atomic mass is 9.84. The molecular formula is C23H26N4. The Morgan fingerprint density at radius 1 is 1.00 bits per heavy atom. The molecule has 4 heteroatoms. The van der Waals surface area contributed by atoms with Crippen LogP contribution in [0.4, 0.5) is 5.69 Å². The molecule has 0 bridgehead atoms. The van der Waals surface area contributed by atoms with E-state index in [0.717, 1.165) is 24.0 Å². The minimum Gasteiger partial charge on any atom is -0.372 e. The summed E-state index contributed by atoms with van der Waals surface area (Å²) in [7, 11) is 2.23. The van der Waals surface area contributed by atoms with Gasteiger partial charge in [-0.25, -0.2) is 9.97 Å². The van der Waals surface area contributed by atoms with Crippen LogP contribution in [0.15, 0.2) is 48.9 Å². The Morgan fingerprint density at radius 3 is 2.78 bits per heavy atom. The highest BCUT2D eigenvalue weighted by molar-refractivity contribution is 5.78. The van der Waals surface area contributed by atoms with Gasteiger partial charge in [0.2, 0.25) is 0 Å². The molecule has 138 valence electrons. The van der Waals surface area contributed by atoms with Gasteiger partial charge in [0.15, 0.2) is 0 Å². The van der Waals surface area contributed by atoms with Gasteiger partial charge in [-0.1, -0.05) is 12.1 Å². The Morgan fingerprint density at radius 2 is 1.89 bits per heavy atom. The van der Waals surface area contributed by atoms with E-state index in [9.17, 15) is 0 Å². The fraction of sp³-hybridized carbons (Fsp3) is 0.391. The van der Waals surface area contributed by atoms with Gasteiger partial charge in [-0.15, -0.1) is 0 Å². The number of piperidine rings is 1. The molecule has 27 heavy (non-hydrogen) atoms. The van der Waals surface area contributed by atoms with Crippen molar-refractivity contribution in [2.75, 3.05) is 31.6 Å². The molecule has 2 aliphatic rings. The number of hydrogen-bond acceptors (Lipinski definition) is 4. The van der Waals surface area contributed by atoms with Gasteiger partial charge in [0.25, 0.3) is 0 Å². The second kappa shape index (κ2) is 6.93. The van der Waals surface area contributed by atoms with Crippen molar-refractivity contribution in [3.63, 3.8) is 0 Å². The van der Waals surface area contributed by atoms with Gasteiger partial charge in [0.05, 0.1) is 5.52 Å². The molecule has 0 N–H and O–H groups in total. The number of hydrogen-bond donors (Lipinski definition) is 0. The molecule has 0 amide bonds. The van der Waals surface area contributed by atoms with Gasteiger partial charge in [-0.05, 0) is 67.3 Å². The third kappa shape index (κ3) is 3.19. The highest BCUT2D eigenvalue weighted by Crippen LogP contribution is 2.36. The molecule has 5 rings (SSSR count). The molecular weight excluding hydrogens is 332 g/mol. The van der Waals surface area contributed by atoms with Crippen LogP contribution in [-0.2, 0) is 6.54 Å². The number of likely N-dealkylation sites (N-methyl/N-ethyl adjacent to an activating group) is 1. The number of anilines is 1. The minimum atomic E-state index is 0.402. The van der Waals surface area contributed by atoms with Crippen molar-refractivity contribution in [2.45, 2.75) is 31.7 Å². The monoisotopic (exact) mass is 358 g/mol. The number of benzene rings is 2. The van der Waals surface area contributed by atoms with Crippen LogP contribution >= 0.6 is 0 Å². The Hall–Kier alpha value is -2.46. The SMILES string of the molecule is CN1Cc2cc(N3CCCCC3)ccc2C(c2ccc3ncncc3c2)C1. The number of rotatable bonds is 2. The van der Waals surface area contributed by atoms with Gasteiger partial charge in [0, 0.05) is 49.4 Å². The summed E-state index contributed by atoms with van der Waals surface area (Å²) in [5.41, 5.74) is 6.72. The highest BCUT2D eigenvalue weighted by atomic mass is 15.1. The fourth-order valence-corrected chi connectivity index (χ4v) is 4.69. The molecule has 2 aliphatic heterocycles. The Bertz CT molecular complexity index is 962. The summed E-state index contributed by atoms with van der Waals surface area (Å²) in [6, 6.07) is 13.8. The van der Waals surface area contributed by atoms with Crippen LogP contribution in [0.25, 0.3) is 10.9 Å². The highest BCUT2D eigenvalue weighted by Gasteiger charge is 2.26. The Balaban J connectivity index is 1.53. The molecule has 1 unspecified atom stereocenters. The van der Waals surface area contributed by atoms with Crippen molar-refractivity contribution in [3.8, 4) is 0 Å². The first-order chi connectivity index (χ1) is 13.3. The van der Waals surface area contributed by atoms with Crippen molar-refractivity contribution in [3.05, 3.63) is 65.6 Å². The summed E-state index contributed by atoms with van der Waals surface area (Å²) in [4.78, 5) is 13.6. The van der Waals surface area contributed by atoms with E-state index >= 15 is 0 Å². The molecule has 0 aliphatic carbocycles. The summed E-state index contributed by atoms with van der Waals surface area (Å²) in [5, 5.41) is 1.12. The Labute approximate surface area is 160 Å². The van der Waals surface area contributed by atoms with Gasteiger partial charge in [-0.3, -0.25) is 0 Å². The maximum atomic E-state index is 4.36. The third-order valence-corrected chi connectivity index (χ3v) is 6.09. The topological polar surface area (TPSA) is 32.3 Å². The second-order valence-corrected chi connectivity index (χ2v) is 8.02. The fourth-order valence-electron chi connectivity index (χ4n) is 4.69. The van der Waals surface area contributed by atoms with E-state index in [1.54, 1.807) is 6.33 Å². The van der Waals surface area contributed by atoms with Crippen molar-refractivity contribution < 1.29 is 0 Å². The van der Waals surface area contributed by atoms with Gasteiger partial charge in [-0.2, -0.15) is 0 Å². The molecule has 3 aromatic rings. The second-order valence-electron chi connectivity index (χ2n) is 8.02. The van der Waals surface area contributed by atoms with Crippen LogP contribution in [-0.4, -0.2) is 41.5 Å². The lowest BCUT2D eigenvalue weighted by Gasteiger charge is -2.35.